The van der Waals surface area contributed by atoms with Crippen molar-refractivity contribution in [1.82, 2.24) is 4.31 Å². The first kappa shape index (κ1) is 26.1. The van der Waals surface area contributed by atoms with E-state index in [4.69, 9.17) is 0 Å². The van der Waals surface area contributed by atoms with Crippen LogP contribution in [0.25, 0.3) is 0 Å². The summed E-state index contributed by atoms with van der Waals surface area (Å²) in [6, 6.07) is 33.0. The van der Waals surface area contributed by atoms with Gasteiger partial charge in [0.05, 0.1) is 10.9 Å². The summed E-state index contributed by atoms with van der Waals surface area (Å²) >= 11 is 0. The zero-order valence-electron chi connectivity index (χ0n) is 20.7. The molecule has 0 aliphatic carbocycles. The van der Waals surface area contributed by atoms with Gasteiger partial charge in [-0.3, -0.25) is 0 Å². The van der Waals surface area contributed by atoms with Crippen LogP contribution in [0, 0.1) is 18.8 Å². The largest absolute Gasteiger partial charge is 0.371 e. The summed E-state index contributed by atoms with van der Waals surface area (Å²) in [6.45, 7) is 5.69. The van der Waals surface area contributed by atoms with Gasteiger partial charge in [-0.25, -0.2) is 8.42 Å². The maximum atomic E-state index is 14.1. The molecule has 0 aliphatic rings. The molecule has 0 saturated heterocycles. The molecule has 0 fully saturated rings. The zero-order valence-corrected chi connectivity index (χ0v) is 21.5. The van der Waals surface area contributed by atoms with Crippen LogP contribution in [0.1, 0.15) is 28.3 Å². The lowest BCUT2D eigenvalue weighted by Gasteiger charge is -2.39. The molecule has 0 bridgehead atoms. The SMILES string of the molecule is C=CCN(C(c1ccccc1)C(O)(C#Cc1ccccc1)c1ccccc1)S(=O)(=O)c1ccc(C)cc1. The third kappa shape index (κ3) is 5.73. The quantitative estimate of drug-likeness (QED) is 0.240. The van der Waals surface area contributed by atoms with E-state index in [1.165, 1.54) is 10.4 Å². The summed E-state index contributed by atoms with van der Waals surface area (Å²) in [4.78, 5) is 0.132. The Bertz CT molecular complexity index is 1490. The van der Waals surface area contributed by atoms with Crippen LogP contribution in [0.5, 0.6) is 0 Å². The first-order valence-corrected chi connectivity index (χ1v) is 13.4. The fourth-order valence-electron chi connectivity index (χ4n) is 4.25. The van der Waals surface area contributed by atoms with Crippen LogP contribution in [0.3, 0.4) is 0 Å². The Morgan fingerprint density at radius 2 is 1.41 bits per heavy atom. The lowest BCUT2D eigenvalue weighted by atomic mass is 9.82. The third-order valence-corrected chi connectivity index (χ3v) is 7.97. The van der Waals surface area contributed by atoms with Gasteiger partial charge in [-0.1, -0.05) is 114 Å². The van der Waals surface area contributed by atoms with E-state index in [1.807, 2.05) is 73.7 Å². The van der Waals surface area contributed by atoms with E-state index in [2.05, 4.69) is 18.4 Å². The minimum atomic E-state index is -4.07. The number of aliphatic hydroxyl groups is 1. The molecule has 4 aromatic rings. The molecule has 0 heterocycles. The molecule has 4 nitrogen and oxygen atoms in total. The molecule has 0 saturated carbocycles. The highest BCUT2D eigenvalue weighted by Gasteiger charge is 2.46. The van der Waals surface area contributed by atoms with E-state index in [0.29, 0.717) is 16.7 Å². The van der Waals surface area contributed by atoms with Gasteiger partial charge in [0.1, 0.15) is 0 Å². The molecule has 2 atom stereocenters. The van der Waals surface area contributed by atoms with E-state index in [1.54, 1.807) is 48.5 Å². The predicted octanol–water partition coefficient (Wildman–Crippen LogP) is 5.85. The van der Waals surface area contributed by atoms with Crippen molar-refractivity contribution in [3.8, 4) is 11.8 Å². The van der Waals surface area contributed by atoms with Crippen molar-refractivity contribution in [2.24, 2.45) is 0 Å². The molecule has 5 heteroatoms. The van der Waals surface area contributed by atoms with E-state index in [9.17, 15) is 13.5 Å². The second kappa shape index (κ2) is 11.4. The normalized spacial score (nSPS) is 13.7. The van der Waals surface area contributed by atoms with Crippen molar-refractivity contribution in [2.75, 3.05) is 6.54 Å². The molecule has 0 radical (unpaired) electrons. The minimum absolute atomic E-state index is 0.0298. The molecule has 186 valence electrons. The van der Waals surface area contributed by atoms with E-state index in [0.717, 1.165) is 5.56 Å². The van der Waals surface area contributed by atoms with Crippen molar-refractivity contribution in [2.45, 2.75) is 23.5 Å². The van der Waals surface area contributed by atoms with Gasteiger partial charge in [0.15, 0.2) is 5.60 Å². The molecular weight excluding hydrogens is 478 g/mol. The lowest BCUT2D eigenvalue weighted by Crippen LogP contribution is -2.46. The number of aryl methyl sites for hydroxylation is 1. The van der Waals surface area contributed by atoms with E-state index >= 15 is 0 Å². The van der Waals surface area contributed by atoms with Crippen LogP contribution < -0.4 is 0 Å². The smallest absolute Gasteiger partial charge is 0.244 e. The average Bonchev–Trinajstić information content (AvgIpc) is 2.93. The molecule has 0 amide bonds. The first-order valence-electron chi connectivity index (χ1n) is 12.0. The molecule has 0 spiro atoms. The molecule has 1 N–H and O–H groups in total. The number of sulfonamides is 1. The molecule has 2 unspecified atom stereocenters. The number of hydrogen-bond acceptors (Lipinski definition) is 3. The Labute approximate surface area is 219 Å². The van der Waals surface area contributed by atoms with Crippen molar-refractivity contribution in [3.05, 3.63) is 150 Å². The van der Waals surface area contributed by atoms with Gasteiger partial charge < -0.3 is 5.11 Å². The van der Waals surface area contributed by atoms with Crippen LogP contribution in [0.2, 0.25) is 0 Å². The van der Waals surface area contributed by atoms with Gasteiger partial charge in [0.2, 0.25) is 10.0 Å². The second-order valence-corrected chi connectivity index (χ2v) is 10.6. The monoisotopic (exact) mass is 507 g/mol. The summed E-state index contributed by atoms with van der Waals surface area (Å²) in [5.41, 5.74) is 0.858. The molecular formula is C32H29NO3S. The van der Waals surface area contributed by atoms with E-state index < -0.39 is 21.7 Å². The molecule has 0 aromatic heterocycles. The van der Waals surface area contributed by atoms with E-state index in [-0.39, 0.29) is 11.4 Å². The Morgan fingerprint density at radius 1 is 0.865 bits per heavy atom. The highest BCUT2D eigenvalue weighted by atomic mass is 32.2. The maximum absolute atomic E-state index is 14.1. The highest BCUT2D eigenvalue weighted by molar-refractivity contribution is 7.89. The van der Waals surface area contributed by atoms with Crippen LogP contribution in [0.15, 0.2) is 133 Å². The number of hydrogen-bond donors (Lipinski definition) is 1. The van der Waals surface area contributed by atoms with Crippen LogP contribution in [0.4, 0.5) is 0 Å². The standard InChI is InChI=1S/C32H29NO3S/c1-3-25-33(37(35,36)30-21-19-26(2)20-22-30)31(28-15-9-5-10-16-28)32(34,29-17-11-6-12-18-29)24-23-27-13-7-4-8-14-27/h3-22,31,34H,1,25H2,2H3. The van der Waals surface area contributed by atoms with Crippen LogP contribution in [-0.4, -0.2) is 24.4 Å². The fraction of sp³-hybridized carbons (Fsp3) is 0.125. The Balaban J connectivity index is 1.99. The minimum Gasteiger partial charge on any atom is -0.371 e. The molecule has 0 aliphatic heterocycles. The average molecular weight is 508 g/mol. The van der Waals surface area contributed by atoms with Crippen LogP contribution in [-0.2, 0) is 15.6 Å². The van der Waals surface area contributed by atoms with Gasteiger partial charge in [-0.15, -0.1) is 6.58 Å². The Kier molecular flexibility index (Phi) is 8.05. The van der Waals surface area contributed by atoms with Gasteiger partial charge >= 0.3 is 0 Å². The van der Waals surface area contributed by atoms with Gasteiger partial charge in [-0.2, -0.15) is 4.31 Å². The fourth-order valence-corrected chi connectivity index (χ4v) is 5.85. The number of rotatable bonds is 8. The summed E-state index contributed by atoms with van der Waals surface area (Å²) in [5, 5.41) is 12.5. The summed E-state index contributed by atoms with van der Waals surface area (Å²) in [6.07, 6.45) is 1.53. The molecule has 4 aromatic carbocycles. The zero-order chi connectivity index (χ0) is 26.3. The highest BCUT2D eigenvalue weighted by Crippen LogP contribution is 2.42. The molecule has 4 rings (SSSR count). The van der Waals surface area contributed by atoms with Crippen molar-refractivity contribution < 1.29 is 13.5 Å². The third-order valence-electron chi connectivity index (χ3n) is 6.12. The number of nitrogens with zero attached hydrogens (tertiary/aromatic N) is 1. The molecule has 37 heavy (non-hydrogen) atoms. The maximum Gasteiger partial charge on any atom is 0.244 e. The summed E-state index contributed by atoms with van der Waals surface area (Å²) in [5.74, 6) is 6.15. The predicted molar refractivity (Wildman–Crippen MR) is 148 cm³/mol. The summed E-state index contributed by atoms with van der Waals surface area (Å²) < 4.78 is 29.5. The van der Waals surface area contributed by atoms with Gasteiger partial charge in [0.25, 0.3) is 0 Å². The van der Waals surface area contributed by atoms with Gasteiger partial charge in [0, 0.05) is 12.1 Å². The van der Waals surface area contributed by atoms with Crippen molar-refractivity contribution in [3.63, 3.8) is 0 Å². The first-order chi connectivity index (χ1) is 17.9. The van der Waals surface area contributed by atoms with Gasteiger partial charge in [-0.05, 0) is 42.3 Å². The Hall–Kier alpha value is -3.95. The summed E-state index contributed by atoms with van der Waals surface area (Å²) in [7, 11) is -4.07. The van der Waals surface area contributed by atoms with Crippen molar-refractivity contribution in [1.29, 1.82) is 0 Å². The van der Waals surface area contributed by atoms with Crippen molar-refractivity contribution >= 4 is 10.0 Å². The topological polar surface area (TPSA) is 57.6 Å². The second-order valence-electron chi connectivity index (χ2n) is 8.74. The number of benzene rings is 4. The Morgan fingerprint density at radius 3 is 1.97 bits per heavy atom. The van der Waals surface area contributed by atoms with Crippen LogP contribution >= 0.6 is 0 Å². The lowest BCUT2D eigenvalue weighted by molar-refractivity contribution is 0.0254.